The highest BCUT2D eigenvalue weighted by atomic mass is 16.3. The van der Waals surface area contributed by atoms with Gasteiger partial charge in [0.2, 0.25) is 0 Å². The summed E-state index contributed by atoms with van der Waals surface area (Å²) in [5, 5.41) is 9.51. The molecule has 5 nitrogen and oxygen atoms in total. The van der Waals surface area contributed by atoms with E-state index in [2.05, 4.69) is 5.43 Å². The Labute approximate surface area is 71.5 Å². The first-order valence-corrected chi connectivity index (χ1v) is 3.96. The first kappa shape index (κ1) is 9.28. The van der Waals surface area contributed by atoms with Crippen LogP contribution in [0.5, 0.6) is 0 Å². The van der Waals surface area contributed by atoms with Crippen LogP contribution in [-0.2, 0) is 0 Å². The van der Waals surface area contributed by atoms with Crippen LogP contribution in [0.3, 0.4) is 0 Å². The SMILES string of the molecule is CC1(C)C(O)CCN1C(=O)NN. The Morgan fingerprint density at radius 1 is 1.75 bits per heavy atom. The molecule has 1 unspecified atom stereocenters. The van der Waals surface area contributed by atoms with E-state index in [0.717, 1.165) is 0 Å². The van der Waals surface area contributed by atoms with Gasteiger partial charge in [-0.25, -0.2) is 10.6 Å². The fourth-order valence-corrected chi connectivity index (χ4v) is 1.51. The van der Waals surface area contributed by atoms with Crippen LogP contribution in [0, 0.1) is 0 Å². The maximum atomic E-state index is 11.2. The average molecular weight is 173 g/mol. The molecule has 0 saturated carbocycles. The number of nitrogens with one attached hydrogen (secondary N) is 1. The van der Waals surface area contributed by atoms with Gasteiger partial charge in [-0.15, -0.1) is 0 Å². The number of carbonyl (C=O) groups is 1. The minimum Gasteiger partial charge on any atom is -0.391 e. The molecule has 2 amide bonds. The van der Waals surface area contributed by atoms with Crippen LogP contribution in [0.2, 0.25) is 0 Å². The van der Waals surface area contributed by atoms with Gasteiger partial charge >= 0.3 is 6.03 Å². The van der Waals surface area contributed by atoms with Gasteiger partial charge in [0.05, 0.1) is 11.6 Å². The lowest BCUT2D eigenvalue weighted by molar-refractivity contribution is 0.0697. The molecule has 1 aliphatic heterocycles. The van der Waals surface area contributed by atoms with E-state index < -0.39 is 11.6 Å². The van der Waals surface area contributed by atoms with Gasteiger partial charge in [-0.3, -0.25) is 5.43 Å². The summed E-state index contributed by atoms with van der Waals surface area (Å²) in [5.74, 6) is 5.00. The third kappa shape index (κ3) is 1.25. The van der Waals surface area contributed by atoms with E-state index in [-0.39, 0.29) is 6.03 Å². The molecule has 12 heavy (non-hydrogen) atoms. The fourth-order valence-electron chi connectivity index (χ4n) is 1.51. The molecule has 0 aromatic heterocycles. The summed E-state index contributed by atoms with van der Waals surface area (Å²) in [4.78, 5) is 12.7. The summed E-state index contributed by atoms with van der Waals surface area (Å²) >= 11 is 0. The lowest BCUT2D eigenvalue weighted by atomic mass is 9.99. The van der Waals surface area contributed by atoms with Gasteiger partial charge in [-0.2, -0.15) is 0 Å². The quantitative estimate of drug-likeness (QED) is 0.260. The number of rotatable bonds is 0. The van der Waals surface area contributed by atoms with Crippen molar-refractivity contribution in [3.63, 3.8) is 0 Å². The Morgan fingerprint density at radius 3 is 2.67 bits per heavy atom. The molecule has 5 heteroatoms. The van der Waals surface area contributed by atoms with Crippen LogP contribution in [0.1, 0.15) is 20.3 Å². The van der Waals surface area contributed by atoms with Crippen molar-refractivity contribution in [3.05, 3.63) is 0 Å². The van der Waals surface area contributed by atoms with Crippen molar-refractivity contribution in [2.24, 2.45) is 5.84 Å². The number of nitrogens with zero attached hydrogens (tertiary/aromatic N) is 1. The molecule has 1 rings (SSSR count). The number of hydrogen-bond acceptors (Lipinski definition) is 3. The molecule has 0 spiro atoms. The van der Waals surface area contributed by atoms with E-state index in [9.17, 15) is 9.90 Å². The summed E-state index contributed by atoms with van der Waals surface area (Å²) in [6, 6.07) is -0.337. The van der Waals surface area contributed by atoms with E-state index in [1.54, 1.807) is 0 Å². The summed E-state index contributed by atoms with van der Waals surface area (Å²) in [6.07, 6.45) is 0.148. The van der Waals surface area contributed by atoms with Crippen LogP contribution in [-0.4, -0.2) is 34.2 Å². The smallest absolute Gasteiger partial charge is 0.332 e. The van der Waals surface area contributed by atoms with Gasteiger partial charge < -0.3 is 10.0 Å². The summed E-state index contributed by atoms with van der Waals surface area (Å²) < 4.78 is 0. The van der Waals surface area contributed by atoms with Crippen molar-refractivity contribution in [2.75, 3.05) is 6.54 Å². The van der Waals surface area contributed by atoms with Gasteiger partial charge in [-0.1, -0.05) is 0 Å². The minimum atomic E-state index is -0.510. The van der Waals surface area contributed by atoms with Gasteiger partial charge in [-0.05, 0) is 20.3 Å². The minimum absolute atomic E-state index is 0.337. The van der Waals surface area contributed by atoms with Gasteiger partial charge in [0.1, 0.15) is 0 Å². The predicted molar refractivity (Wildman–Crippen MR) is 44.1 cm³/mol. The fraction of sp³-hybridized carbons (Fsp3) is 0.857. The van der Waals surface area contributed by atoms with Crippen molar-refractivity contribution >= 4 is 6.03 Å². The molecule has 1 heterocycles. The monoisotopic (exact) mass is 173 g/mol. The number of urea groups is 1. The van der Waals surface area contributed by atoms with E-state index in [1.807, 2.05) is 13.8 Å². The number of nitrogens with two attached hydrogens (primary N) is 1. The Morgan fingerprint density at radius 2 is 2.33 bits per heavy atom. The molecule has 0 aromatic rings. The number of hydrogen-bond donors (Lipinski definition) is 3. The Kier molecular flexibility index (Phi) is 2.25. The zero-order chi connectivity index (χ0) is 9.35. The van der Waals surface area contributed by atoms with Crippen molar-refractivity contribution in [2.45, 2.75) is 31.9 Å². The maximum Gasteiger partial charge on any atom is 0.332 e. The van der Waals surface area contributed by atoms with Crippen LogP contribution < -0.4 is 11.3 Å². The highest BCUT2D eigenvalue weighted by molar-refractivity contribution is 5.74. The zero-order valence-electron chi connectivity index (χ0n) is 7.37. The molecular weight excluding hydrogens is 158 g/mol. The largest absolute Gasteiger partial charge is 0.391 e. The lowest BCUT2D eigenvalue weighted by Gasteiger charge is -2.33. The lowest BCUT2D eigenvalue weighted by Crippen LogP contribution is -2.53. The van der Waals surface area contributed by atoms with Crippen LogP contribution >= 0.6 is 0 Å². The van der Waals surface area contributed by atoms with E-state index in [4.69, 9.17) is 5.84 Å². The molecule has 70 valence electrons. The number of amides is 2. The van der Waals surface area contributed by atoms with Crippen LogP contribution in [0.4, 0.5) is 4.79 Å². The van der Waals surface area contributed by atoms with Crippen LogP contribution in [0.15, 0.2) is 0 Å². The van der Waals surface area contributed by atoms with Crippen molar-refractivity contribution < 1.29 is 9.90 Å². The number of aliphatic hydroxyl groups excluding tert-OH is 1. The van der Waals surface area contributed by atoms with Crippen LogP contribution in [0.25, 0.3) is 0 Å². The number of likely N-dealkylation sites (tertiary alicyclic amines) is 1. The molecule has 0 aliphatic carbocycles. The molecule has 4 N–H and O–H groups in total. The van der Waals surface area contributed by atoms with Crippen molar-refractivity contribution in [1.82, 2.24) is 10.3 Å². The Bertz CT molecular complexity index is 193. The Hall–Kier alpha value is -0.810. The molecule has 1 saturated heterocycles. The number of carbonyl (C=O) groups excluding carboxylic acids is 1. The summed E-state index contributed by atoms with van der Waals surface area (Å²) in [5.41, 5.74) is 1.55. The Balaban J connectivity index is 2.74. The first-order chi connectivity index (χ1) is 5.50. The summed E-state index contributed by atoms with van der Waals surface area (Å²) in [7, 11) is 0. The molecule has 1 aliphatic rings. The second-order valence-electron chi connectivity index (χ2n) is 3.56. The third-order valence-electron chi connectivity index (χ3n) is 2.51. The molecule has 1 atom stereocenters. The molecule has 0 radical (unpaired) electrons. The van der Waals surface area contributed by atoms with E-state index >= 15 is 0 Å². The predicted octanol–water partition coefficient (Wildman–Crippen LogP) is -0.585. The number of aliphatic hydroxyl groups is 1. The normalized spacial score (nSPS) is 27.3. The standard InChI is InChI=1S/C7H15N3O2/c1-7(2)5(11)3-4-10(7)6(12)9-8/h5,11H,3-4,8H2,1-2H3,(H,9,12). The highest BCUT2D eigenvalue weighted by Crippen LogP contribution is 2.28. The van der Waals surface area contributed by atoms with Gasteiger partial charge in [0.25, 0.3) is 0 Å². The second-order valence-corrected chi connectivity index (χ2v) is 3.56. The molecular formula is C7H15N3O2. The zero-order valence-corrected chi connectivity index (χ0v) is 7.37. The highest BCUT2D eigenvalue weighted by Gasteiger charge is 2.42. The maximum absolute atomic E-state index is 11.2. The number of hydrazine groups is 1. The van der Waals surface area contributed by atoms with E-state index in [0.29, 0.717) is 13.0 Å². The summed E-state index contributed by atoms with van der Waals surface area (Å²) in [6.45, 7) is 4.19. The third-order valence-corrected chi connectivity index (χ3v) is 2.51. The second kappa shape index (κ2) is 2.91. The molecule has 0 aromatic carbocycles. The van der Waals surface area contributed by atoms with Crippen molar-refractivity contribution in [3.8, 4) is 0 Å². The topological polar surface area (TPSA) is 78.6 Å². The van der Waals surface area contributed by atoms with E-state index in [1.165, 1.54) is 4.90 Å². The molecule has 0 bridgehead atoms. The average Bonchev–Trinajstić information content (AvgIpc) is 2.27. The first-order valence-electron chi connectivity index (χ1n) is 3.96. The van der Waals surface area contributed by atoms with Crippen molar-refractivity contribution in [1.29, 1.82) is 0 Å². The van der Waals surface area contributed by atoms with Gasteiger partial charge in [0, 0.05) is 6.54 Å². The molecule has 1 fully saturated rings. The van der Waals surface area contributed by atoms with Gasteiger partial charge in [0.15, 0.2) is 0 Å².